The zero-order valence-corrected chi connectivity index (χ0v) is 14.4. The summed E-state index contributed by atoms with van der Waals surface area (Å²) in [4.78, 5) is 23.5. The second-order valence-electron chi connectivity index (χ2n) is 5.75. The van der Waals surface area contributed by atoms with Gasteiger partial charge in [0.15, 0.2) is 0 Å². The molecule has 1 aromatic carbocycles. The second-order valence-corrected chi connectivity index (χ2v) is 6.77. The molecule has 0 spiro atoms. The van der Waals surface area contributed by atoms with Crippen LogP contribution in [0.25, 0.3) is 11.8 Å². The zero-order valence-electron chi connectivity index (χ0n) is 13.6. The van der Waals surface area contributed by atoms with Crippen molar-refractivity contribution in [2.75, 3.05) is 0 Å². The number of benzene rings is 1. The minimum Gasteiger partial charge on any atom is -0.317 e. The van der Waals surface area contributed by atoms with E-state index in [1.54, 1.807) is 6.08 Å². The number of carbonyl (C=O) groups is 2. The normalized spacial score (nSPS) is 16.3. The number of aromatic nitrogens is 1. The number of carbonyl (C=O) groups excluding carboxylic acids is 2. The van der Waals surface area contributed by atoms with Gasteiger partial charge in [-0.25, -0.2) is 0 Å². The van der Waals surface area contributed by atoms with Crippen molar-refractivity contribution in [1.82, 2.24) is 9.88 Å². The molecule has 2 heterocycles. The molecule has 118 valence electrons. The van der Waals surface area contributed by atoms with Gasteiger partial charge in [-0.3, -0.25) is 14.9 Å². The van der Waals surface area contributed by atoms with Gasteiger partial charge >= 0.3 is 0 Å². The maximum atomic E-state index is 11.7. The predicted octanol–water partition coefficient (Wildman–Crippen LogP) is 4.03. The van der Waals surface area contributed by atoms with Gasteiger partial charge in [0.1, 0.15) is 0 Å². The van der Waals surface area contributed by atoms with Crippen molar-refractivity contribution in [2.24, 2.45) is 0 Å². The first-order valence-corrected chi connectivity index (χ1v) is 8.20. The largest absolute Gasteiger partial charge is 0.317 e. The van der Waals surface area contributed by atoms with E-state index in [-0.39, 0.29) is 11.1 Å². The second kappa shape index (κ2) is 5.74. The molecule has 1 N–H and O–H groups in total. The zero-order chi connectivity index (χ0) is 16.7. The Balaban J connectivity index is 2.13. The van der Waals surface area contributed by atoms with Crippen LogP contribution in [0.1, 0.15) is 28.1 Å². The first-order valence-electron chi connectivity index (χ1n) is 7.39. The van der Waals surface area contributed by atoms with Crippen molar-refractivity contribution in [1.29, 1.82) is 0 Å². The van der Waals surface area contributed by atoms with E-state index >= 15 is 0 Å². The molecule has 2 amide bonds. The molecule has 1 fully saturated rings. The summed E-state index contributed by atoms with van der Waals surface area (Å²) in [6, 6.07) is 8.29. The molecule has 0 saturated carbocycles. The molecule has 0 bridgehead atoms. The molecule has 3 rings (SSSR count). The highest BCUT2D eigenvalue weighted by atomic mass is 32.2. The lowest BCUT2D eigenvalue weighted by atomic mass is 10.1. The van der Waals surface area contributed by atoms with E-state index in [1.165, 1.54) is 16.8 Å². The monoisotopic (exact) mass is 326 g/mol. The highest BCUT2D eigenvalue weighted by Gasteiger charge is 2.25. The van der Waals surface area contributed by atoms with Gasteiger partial charge in [-0.05, 0) is 68.3 Å². The van der Waals surface area contributed by atoms with Gasteiger partial charge in [0.05, 0.1) is 10.6 Å². The number of hydrogen-bond acceptors (Lipinski definition) is 3. The van der Waals surface area contributed by atoms with Crippen LogP contribution in [0.3, 0.4) is 0 Å². The number of nitrogens with one attached hydrogen (secondary N) is 1. The Kier molecular flexibility index (Phi) is 3.90. The van der Waals surface area contributed by atoms with E-state index in [4.69, 9.17) is 0 Å². The summed E-state index contributed by atoms with van der Waals surface area (Å²) in [6.07, 6.45) is 1.79. The SMILES string of the molecule is Cc1cccc(C)c1-n1c(C)cc(/C=C2\SC(=O)NC2=O)c1C. The van der Waals surface area contributed by atoms with Crippen molar-refractivity contribution in [3.8, 4) is 5.69 Å². The molecule has 5 heteroatoms. The van der Waals surface area contributed by atoms with E-state index in [1.807, 2.05) is 19.9 Å². The van der Waals surface area contributed by atoms with Crippen LogP contribution in [0, 0.1) is 27.7 Å². The van der Waals surface area contributed by atoms with Gasteiger partial charge in [0.25, 0.3) is 11.1 Å². The third-order valence-electron chi connectivity index (χ3n) is 4.06. The Morgan fingerprint density at radius 2 is 1.74 bits per heavy atom. The van der Waals surface area contributed by atoms with Gasteiger partial charge in [-0.2, -0.15) is 0 Å². The lowest BCUT2D eigenvalue weighted by Gasteiger charge is -2.15. The van der Waals surface area contributed by atoms with E-state index < -0.39 is 0 Å². The number of aryl methyl sites for hydroxylation is 3. The summed E-state index contributed by atoms with van der Waals surface area (Å²) in [7, 11) is 0. The van der Waals surface area contributed by atoms with E-state index in [9.17, 15) is 9.59 Å². The van der Waals surface area contributed by atoms with Gasteiger partial charge in [-0.1, -0.05) is 18.2 Å². The van der Waals surface area contributed by atoms with E-state index in [0.717, 1.165) is 28.7 Å². The Morgan fingerprint density at radius 3 is 2.30 bits per heavy atom. The van der Waals surface area contributed by atoms with Crippen LogP contribution < -0.4 is 5.32 Å². The third kappa shape index (κ3) is 2.72. The number of rotatable bonds is 2. The summed E-state index contributed by atoms with van der Waals surface area (Å²) in [5.41, 5.74) is 6.69. The number of para-hydroxylation sites is 1. The molecule has 2 aromatic rings. The van der Waals surface area contributed by atoms with Crippen LogP contribution >= 0.6 is 11.8 Å². The standard InChI is InChI=1S/C18H18N2O2S/c1-10-6-5-7-11(2)16(10)20-12(3)8-14(13(20)4)9-15-17(21)19-18(22)23-15/h5-9H,1-4H3,(H,19,21,22)/b15-9-. The Hall–Kier alpha value is -2.27. The summed E-state index contributed by atoms with van der Waals surface area (Å²) in [5.74, 6) is -0.322. The Labute approximate surface area is 139 Å². The molecule has 0 aliphatic carbocycles. The average Bonchev–Trinajstić information content (AvgIpc) is 2.92. The molecule has 1 aliphatic heterocycles. The molecule has 0 unspecified atom stereocenters. The summed E-state index contributed by atoms with van der Waals surface area (Å²) >= 11 is 0.947. The maximum Gasteiger partial charge on any atom is 0.290 e. The number of amides is 2. The highest BCUT2D eigenvalue weighted by molar-refractivity contribution is 8.18. The van der Waals surface area contributed by atoms with Gasteiger partial charge in [0, 0.05) is 11.4 Å². The number of imide groups is 1. The molecular formula is C18H18N2O2S. The smallest absolute Gasteiger partial charge is 0.290 e. The quantitative estimate of drug-likeness (QED) is 0.848. The lowest BCUT2D eigenvalue weighted by molar-refractivity contribution is -0.115. The average molecular weight is 326 g/mol. The Bertz CT molecular complexity index is 842. The summed E-state index contributed by atoms with van der Waals surface area (Å²) in [6.45, 7) is 8.27. The fraction of sp³-hybridized carbons (Fsp3) is 0.222. The predicted molar refractivity (Wildman–Crippen MR) is 93.8 cm³/mol. The van der Waals surface area contributed by atoms with Crippen molar-refractivity contribution >= 4 is 29.0 Å². The molecule has 23 heavy (non-hydrogen) atoms. The summed E-state index contributed by atoms with van der Waals surface area (Å²) < 4.78 is 2.20. The first-order chi connectivity index (χ1) is 10.9. The molecular weight excluding hydrogens is 308 g/mol. The number of thioether (sulfide) groups is 1. The third-order valence-corrected chi connectivity index (χ3v) is 4.87. The molecule has 1 aliphatic rings. The molecule has 0 radical (unpaired) electrons. The number of hydrogen-bond donors (Lipinski definition) is 1. The fourth-order valence-electron chi connectivity index (χ4n) is 3.00. The van der Waals surface area contributed by atoms with Gasteiger partial charge < -0.3 is 4.57 Å². The van der Waals surface area contributed by atoms with Gasteiger partial charge in [0.2, 0.25) is 0 Å². The van der Waals surface area contributed by atoms with Crippen molar-refractivity contribution in [3.05, 3.63) is 57.2 Å². The van der Waals surface area contributed by atoms with Crippen LogP contribution in [-0.4, -0.2) is 15.7 Å². The minimum absolute atomic E-state index is 0.315. The van der Waals surface area contributed by atoms with Crippen LogP contribution in [0.2, 0.25) is 0 Å². The molecule has 4 nitrogen and oxygen atoms in total. The van der Waals surface area contributed by atoms with E-state index in [2.05, 4.69) is 41.9 Å². The number of nitrogens with zero attached hydrogens (tertiary/aromatic N) is 1. The minimum atomic E-state index is -0.322. The topological polar surface area (TPSA) is 51.1 Å². The van der Waals surface area contributed by atoms with Crippen molar-refractivity contribution in [2.45, 2.75) is 27.7 Å². The van der Waals surface area contributed by atoms with Crippen LogP contribution in [0.4, 0.5) is 4.79 Å². The fourth-order valence-corrected chi connectivity index (χ4v) is 3.67. The van der Waals surface area contributed by atoms with E-state index in [0.29, 0.717) is 4.91 Å². The van der Waals surface area contributed by atoms with Crippen LogP contribution in [0.15, 0.2) is 29.2 Å². The summed E-state index contributed by atoms with van der Waals surface area (Å²) in [5, 5.41) is 1.97. The molecule has 1 saturated heterocycles. The lowest BCUT2D eigenvalue weighted by Crippen LogP contribution is -2.17. The molecule has 1 aromatic heterocycles. The highest BCUT2D eigenvalue weighted by Crippen LogP contribution is 2.30. The van der Waals surface area contributed by atoms with Crippen LogP contribution in [-0.2, 0) is 4.79 Å². The first kappa shape index (κ1) is 15.6. The van der Waals surface area contributed by atoms with Gasteiger partial charge in [-0.15, -0.1) is 0 Å². The maximum absolute atomic E-state index is 11.7. The van der Waals surface area contributed by atoms with Crippen molar-refractivity contribution in [3.63, 3.8) is 0 Å². The Morgan fingerprint density at radius 1 is 1.09 bits per heavy atom. The van der Waals surface area contributed by atoms with Crippen LogP contribution in [0.5, 0.6) is 0 Å². The molecule has 0 atom stereocenters. The van der Waals surface area contributed by atoms with Crippen molar-refractivity contribution < 1.29 is 9.59 Å².